The molecule has 4 aromatic rings. The molecule has 5 aliphatic rings. The number of carbonyl (C=O) groups excluding carboxylic acids is 16. The van der Waals surface area contributed by atoms with Crippen molar-refractivity contribution in [3.8, 4) is 5.75 Å². The van der Waals surface area contributed by atoms with Gasteiger partial charge in [0.2, 0.25) is 76.8 Å². The average molecular weight is 1700 g/mol. The Labute approximate surface area is 703 Å². The van der Waals surface area contributed by atoms with Crippen molar-refractivity contribution in [1.82, 2.24) is 79.0 Å². The maximum Gasteiger partial charge on any atom is 0.326 e. The highest BCUT2D eigenvalue weighted by Gasteiger charge is 2.46. The van der Waals surface area contributed by atoms with E-state index >= 15 is 43.2 Å². The Morgan fingerprint density at radius 3 is 1.93 bits per heavy atom. The number of hydrogen-bond acceptors (Lipinski definition) is 22. The number of aromatic hydroxyl groups is 1. The third kappa shape index (κ3) is 26.5. The van der Waals surface area contributed by atoms with Crippen LogP contribution in [0.25, 0.3) is 10.9 Å². The summed E-state index contributed by atoms with van der Waals surface area (Å²) in [6.45, 7) is 6.70. The summed E-state index contributed by atoms with van der Waals surface area (Å²) in [5.74, 6) is -22.8. The predicted molar refractivity (Wildman–Crippen MR) is 437 cm³/mol. The molecule has 4 aliphatic heterocycles. The van der Waals surface area contributed by atoms with Crippen LogP contribution in [0, 0.1) is 29.1 Å². The van der Waals surface area contributed by atoms with E-state index in [9.17, 15) is 48.6 Å². The monoisotopic (exact) mass is 1700 g/mol. The number of ketones is 1. The number of para-hydroxylation sites is 1. The maximum absolute atomic E-state index is 15.9. The van der Waals surface area contributed by atoms with Crippen LogP contribution in [0.4, 0.5) is 0 Å². The summed E-state index contributed by atoms with van der Waals surface area (Å²) in [5.41, 5.74) is 13.7. The summed E-state index contributed by atoms with van der Waals surface area (Å²) < 4.78 is 11.7. The number of nitrogens with one attached hydrogen (secondary N) is 15. The van der Waals surface area contributed by atoms with E-state index in [1.54, 1.807) is 88.5 Å². The van der Waals surface area contributed by atoms with Gasteiger partial charge in [0.05, 0.1) is 24.9 Å². The van der Waals surface area contributed by atoms with Crippen LogP contribution in [0.1, 0.15) is 148 Å². The minimum absolute atomic E-state index is 0.00676. The van der Waals surface area contributed by atoms with Crippen LogP contribution in [-0.2, 0) is 110 Å². The van der Waals surface area contributed by atoms with E-state index in [0.29, 0.717) is 28.5 Å². The number of cyclic esters (lactones) is 1. The van der Waals surface area contributed by atoms with Crippen molar-refractivity contribution in [1.29, 1.82) is 5.41 Å². The highest BCUT2D eigenvalue weighted by atomic mass is 16.5. The van der Waals surface area contributed by atoms with Crippen LogP contribution < -0.4 is 80.6 Å². The number of hydrogen-bond donors (Lipinski definition) is 19. The van der Waals surface area contributed by atoms with Crippen molar-refractivity contribution < 1.29 is 101 Å². The lowest BCUT2D eigenvalue weighted by molar-refractivity contribution is -0.154. The number of aromatic amines is 1. The number of aliphatic carboxylic acids is 1. The van der Waals surface area contributed by atoms with Gasteiger partial charge < -0.3 is 110 Å². The first kappa shape index (κ1) is 93.3. The number of guanidine groups is 1. The summed E-state index contributed by atoms with van der Waals surface area (Å²) in [4.78, 5) is 258. The molecule has 122 heavy (non-hydrogen) atoms. The molecule has 4 bridgehead atoms. The minimum Gasteiger partial charge on any atom is -0.508 e. The first-order valence-corrected chi connectivity index (χ1v) is 41.3. The zero-order valence-corrected chi connectivity index (χ0v) is 68.8. The van der Waals surface area contributed by atoms with Crippen molar-refractivity contribution in [2.75, 3.05) is 26.2 Å². The molecule has 1 aliphatic carbocycles. The molecule has 1 saturated carbocycles. The maximum atomic E-state index is 15.9. The number of phenolic OH excluding ortho intramolecular Hbond substituents is 1. The Kier molecular flexibility index (Phi) is 33.7. The van der Waals surface area contributed by atoms with Gasteiger partial charge in [0.1, 0.15) is 84.9 Å². The highest BCUT2D eigenvalue weighted by Crippen LogP contribution is 2.35. The molecule has 13 amide bonds. The molecular weight excluding hydrogens is 1590 g/mol. The molecule has 0 radical (unpaired) electrons. The molecule has 39 nitrogen and oxygen atoms in total. The molecule has 1 unspecified atom stereocenters. The molecule has 1 aromatic heterocycles. The Hall–Kier alpha value is -12.6. The molecule has 39 heteroatoms. The van der Waals surface area contributed by atoms with Gasteiger partial charge in [0.15, 0.2) is 11.7 Å². The first-order chi connectivity index (χ1) is 58.1. The van der Waals surface area contributed by atoms with Crippen LogP contribution in [0.2, 0.25) is 0 Å². The number of phenols is 1. The normalized spacial score (nSPS) is 25.7. The number of rotatable bonds is 21. The second-order valence-corrected chi connectivity index (χ2v) is 32.3. The molecule has 9 rings (SSSR count). The Morgan fingerprint density at radius 2 is 1.23 bits per heavy atom. The van der Waals surface area contributed by atoms with Gasteiger partial charge in [-0.2, -0.15) is 0 Å². The van der Waals surface area contributed by atoms with Gasteiger partial charge in [-0.25, -0.2) is 4.79 Å². The van der Waals surface area contributed by atoms with Crippen molar-refractivity contribution in [3.05, 3.63) is 102 Å². The molecule has 5 heterocycles. The summed E-state index contributed by atoms with van der Waals surface area (Å²) in [5, 5.41) is 62.5. The van der Waals surface area contributed by atoms with E-state index in [2.05, 4.69) is 74.1 Å². The zero-order valence-electron chi connectivity index (χ0n) is 68.8. The molecule has 4 saturated heterocycles. The lowest BCUT2D eigenvalue weighted by atomic mass is 9.85. The van der Waals surface area contributed by atoms with E-state index in [-0.39, 0.29) is 114 Å². The molecule has 16 atom stereocenters. The number of aromatic nitrogens is 1. The number of Topliss-reactive ketones (excluding diaryl/α,β-unsaturated/α-hetero) is 1. The Balaban J connectivity index is 1.20. The van der Waals surface area contributed by atoms with E-state index in [0.717, 1.165) is 6.92 Å². The topological polar surface area (TPSA) is 600 Å². The van der Waals surface area contributed by atoms with Gasteiger partial charge in [-0.1, -0.05) is 94.8 Å². The number of carbonyl (C=O) groups is 17. The summed E-state index contributed by atoms with van der Waals surface area (Å²) in [7, 11) is 0. The van der Waals surface area contributed by atoms with Crippen LogP contribution in [0.15, 0.2) is 85.1 Å². The van der Waals surface area contributed by atoms with Crippen LogP contribution in [0.5, 0.6) is 5.75 Å². The fourth-order valence-corrected chi connectivity index (χ4v) is 15.5. The largest absolute Gasteiger partial charge is 0.508 e. The number of nitrogens with zero attached hydrogens (tertiary/aromatic N) is 1. The van der Waals surface area contributed by atoms with Gasteiger partial charge in [-0.15, -0.1) is 0 Å². The molecule has 660 valence electrons. The van der Waals surface area contributed by atoms with E-state index in [4.69, 9.17) is 26.4 Å². The van der Waals surface area contributed by atoms with Gasteiger partial charge in [-0.3, -0.25) is 82.1 Å². The van der Waals surface area contributed by atoms with Crippen LogP contribution >= 0.6 is 0 Å². The zero-order chi connectivity index (χ0) is 88.6. The number of H-pyrrole nitrogens is 1. The summed E-state index contributed by atoms with van der Waals surface area (Å²) >= 11 is 0. The summed E-state index contributed by atoms with van der Waals surface area (Å²) in [6.07, 6.45) is -5.06. The van der Waals surface area contributed by atoms with Crippen LogP contribution in [0.3, 0.4) is 0 Å². The third-order valence-electron chi connectivity index (χ3n) is 22.3. The van der Waals surface area contributed by atoms with Crippen molar-refractivity contribution in [3.63, 3.8) is 0 Å². The number of likely N-dealkylation sites (tertiary alicyclic amines) is 1. The van der Waals surface area contributed by atoms with Crippen molar-refractivity contribution in [2.24, 2.45) is 35.1 Å². The van der Waals surface area contributed by atoms with Crippen molar-refractivity contribution >= 4 is 117 Å². The van der Waals surface area contributed by atoms with Crippen LogP contribution in [-0.4, -0.2) is 237 Å². The third-order valence-corrected chi connectivity index (χ3v) is 22.3. The lowest BCUT2D eigenvalue weighted by Crippen LogP contribution is -2.62. The molecule has 0 spiro atoms. The first-order valence-electron chi connectivity index (χ1n) is 41.3. The molecule has 5 fully saturated rings. The van der Waals surface area contributed by atoms with Gasteiger partial charge in [-0.05, 0) is 131 Å². The molecule has 21 N–H and O–H groups in total. The van der Waals surface area contributed by atoms with Gasteiger partial charge >= 0.3 is 17.9 Å². The smallest absolute Gasteiger partial charge is 0.326 e. The van der Waals surface area contributed by atoms with E-state index in [1.165, 1.54) is 29.2 Å². The molecular formula is C83H112N18O21. The lowest BCUT2D eigenvalue weighted by Gasteiger charge is -2.31. The number of fused-ring (bicyclic) bond motifs is 13. The quantitative estimate of drug-likeness (QED) is 0.0185. The number of amides is 13. The number of carboxylic acids is 1. The number of carboxylic acid groups (broad SMARTS) is 1. The predicted octanol–water partition coefficient (Wildman–Crippen LogP) is -2.05. The standard InChI is InChI=1S/C83H112N18O21/c1-42(2)34-57-73(110)91-54-29-30-65(104)121-41-62-78(115)96-61(76(113)94-57)39-66(105)122-44(5)68(100-77(114)59(37-47-40-89-52-21-10-9-18-49(47)52)97-79(116)63-24-15-33-101(63)81(118)67(84)43(3)4)80(117)98-58(36-46-25-27-48(102)28-26-46)74(111)90-53(71(108)93-56(35-45-16-7-6-8-17-45)69(106)50-19-13-20-51(50)70(107)99-62)22-11-12-31-87-64(103)38-60(95-72(54)109)75(112)92-55(82(119)120)23-14-32-88-83(85)86/h6-10,16-18,21,25-28,40,42-44,50-51,53-63,67-68,89,102H,11-15,19-20,22-24,29-39,41,84H2,1-5H3,(H,87,103)(H,90,111)(H,91,110)(H,92,112)(H,93,108)(H,94,113)(H,95,109)(H,96,115)(H,97,116)(H,98,117)(H,99,107)(H,100,114)(H,119,120)(H4,85,86,88)/t44-,50?,51-,53+,54+,55+,56+,57+,58+,59+,60+,61+,62+,63+,67+,68+/m1/s1. The summed E-state index contributed by atoms with van der Waals surface area (Å²) in [6, 6.07) is -1.63. The van der Waals surface area contributed by atoms with Gasteiger partial charge in [0, 0.05) is 67.8 Å². The Morgan fingerprint density at radius 1 is 0.615 bits per heavy atom. The average Bonchev–Trinajstić information content (AvgIpc) is 1.63. The molecule has 3 aromatic carbocycles. The number of benzene rings is 3. The highest BCUT2D eigenvalue weighted by molar-refractivity contribution is 6.03. The van der Waals surface area contributed by atoms with E-state index in [1.807, 2.05) is 0 Å². The van der Waals surface area contributed by atoms with E-state index < -0.39 is 248 Å². The number of ether oxygens (including phenoxy) is 2. The second-order valence-electron chi connectivity index (χ2n) is 32.3. The van der Waals surface area contributed by atoms with Gasteiger partial charge in [0.25, 0.3) is 0 Å². The number of nitrogens with two attached hydrogens (primary N) is 2. The van der Waals surface area contributed by atoms with Crippen molar-refractivity contribution in [2.45, 2.75) is 235 Å². The minimum atomic E-state index is -2.20. The fraction of sp³-hybridized carbons (Fsp3) is 0.542. The SMILES string of the molecule is CC(C)C[C@@H]1NC(=O)[C@@H]2CC(=O)O[C@H](C)[C@H](NC(=O)[C@H](Cc3c[nH]c4ccccc34)NC(=O)[C@@H]3CCCN3C(=O)[C@@H](N)C(C)C)C(=O)N[C@@H](Cc3ccc(O)cc3)C(=O)N[C@H]3CCCCNC(=O)C[C@@H](C(=O)N[C@@H](CCCNC(=N)N)C(=O)O)NC(=O)[C@H](CCC(=O)OC[C@H](NC(=O)[C@@H]4CCCC4C(=O)[C@H](Cc4ccccc4)NC3=O)C(=O)N2)NC1=O. The Bertz CT molecular complexity index is 4500. The fourth-order valence-electron chi connectivity index (χ4n) is 15.5. The second kappa shape index (κ2) is 44.1. The number of esters is 2.